The number of fused-ring (bicyclic) bond motifs is 3. The molecule has 2 aromatic carbocycles. The van der Waals surface area contributed by atoms with Crippen molar-refractivity contribution in [3.8, 4) is 16.9 Å². The summed E-state index contributed by atoms with van der Waals surface area (Å²) in [5.74, 6) is -1.99. The summed E-state index contributed by atoms with van der Waals surface area (Å²) in [6, 6.07) is 5.15. The third-order valence-corrected chi connectivity index (χ3v) is 3.75. The van der Waals surface area contributed by atoms with E-state index >= 15 is 0 Å². The molecule has 1 N–H and O–H groups in total. The van der Waals surface area contributed by atoms with Gasteiger partial charge in [-0.1, -0.05) is 0 Å². The molecule has 0 saturated carbocycles. The Morgan fingerprint density at radius 2 is 1.71 bits per heavy atom. The zero-order valence-electron chi connectivity index (χ0n) is 11.6. The summed E-state index contributed by atoms with van der Waals surface area (Å²) in [5.41, 5.74) is 2.04. The molecule has 1 aliphatic heterocycles. The van der Waals surface area contributed by atoms with Crippen molar-refractivity contribution >= 4 is 5.91 Å². The van der Waals surface area contributed by atoms with Crippen LogP contribution in [0.25, 0.3) is 11.1 Å². The average Bonchev–Trinajstić information content (AvgIpc) is 2.51. The van der Waals surface area contributed by atoms with Crippen molar-refractivity contribution in [1.82, 2.24) is 4.90 Å². The van der Waals surface area contributed by atoms with E-state index in [0.29, 0.717) is 27.8 Å². The first kappa shape index (κ1) is 13.5. The number of aromatic hydroxyl groups is 1. The number of benzene rings is 2. The molecule has 5 heteroatoms. The molecule has 1 heterocycles. The number of carbonyl (C=O) groups excluding carboxylic acids is 1. The average molecular weight is 289 g/mol. The lowest BCUT2D eigenvalue weighted by Crippen LogP contribution is -2.25. The van der Waals surface area contributed by atoms with Crippen LogP contribution in [0.2, 0.25) is 0 Å². The number of phenolic OH excluding ortho intramolecular Hbond substituents is 1. The zero-order valence-corrected chi connectivity index (χ0v) is 11.6. The number of aryl methyl sites for hydroxylation is 1. The van der Waals surface area contributed by atoms with Crippen LogP contribution in [0, 0.1) is 18.6 Å². The standard InChI is InChI=1S/C16H13F2NO2/c1-8-3-12-11(6-13(8)17)10-5-14(18)15(20)4-9(10)7-19(2)16(12)21/h3-6,20H,7H2,1-2H3. The highest BCUT2D eigenvalue weighted by Gasteiger charge is 2.26. The summed E-state index contributed by atoms with van der Waals surface area (Å²) >= 11 is 0. The molecule has 0 spiro atoms. The molecule has 0 fully saturated rings. The van der Waals surface area contributed by atoms with Gasteiger partial charge in [-0.2, -0.15) is 0 Å². The number of amides is 1. The number of hydrogen-bond donors (Lipinski definition) is 1. The fourth-order valence-corrected chi connectivity index (χ4v) is 2.60. The summed E-state index contributed by atoms with van der Waals surface area (Å²) in [6.45, 7) is 1.80. The molecule has 0 unspecified atom stereocenters. The van der Waals surface area contributed by atoms with Crippen molar-refractivity contribution in [2.24, 2.45) is 0 Å². The molecule has 0 aliphatic carbocycles. The van der Waals surface area contributed by atoms with Crippen molar-refractivity contribution in [3.63, 3.8) is 0 Å². The van der Waals surface area contributed by atoms with Gasteiger partial charge in [0, 0.05) is 19.2 Å². The first-order chi connectivity index (χ1) is 9.88. The number of phenols is 1. The van der Waals surface area contributed by atoms with Crippen molar-refractivity contribution < 1.29 is 18.7 Å². The number of halogens is 2. The van der Waals surface area contributed by atoms with Crippen molar-refractivity contribution in [2.75, 3.05) is 7.05 Å². The molecule has 1 aliphatic rings. The second-order valence-electron chi connectivity index (χ2n) is 5.27. The monoisotopic (exact) mass is 289 g/mol. The minimum atomic E-state index is -0.794. The second kappa shape index (κ2) is 4.55. The fourth-order valence-electron chi connectivity index (χ4n) is 2.60. The van der Waals surface area contributed by atoms with E-state index in [1.165, 1.54) is 23.1 Å². The van der Waals surface area contributed by atoms with Gasteiger partial charge >= 0.3 is 0 Å². The number of hydrogen-bond acceptors (Lipinski definition) is 2. The Bertz CT molecular complexity index is 771. The summed E-state index contributed by atoms with van der Waals surface area (Å²) < 4.78 is 27.5. The quantitative estimate of drug-likeness (QED) is 0.809. The number of rotatable bonds is 0. The minimum absolute atomic E-state index is 0.220. The Kier molecular flexibility index (Phi) is 2.93. The maximum atomic E-state index is 13.9. The van der Waals surface area contributed by atoms with Gasteiger partial charge in [0.2, 0.25) is 0 Å². The summed E-state index contributed by atoms with van der Waals surface area (Å²) in [6.07, 6.45) is 0. The van der Waals surface area contributed by atoms with Crippen LogP contribution in [0.15, 0.2) is 24.3 Å². The predicted octanol–water partition coefficient (Wildman–Crippen LogP) is 3.23. The highest BCUT2D eigenvalue weighted by atomic mass is 19.1. The van der Waals surface area contributed by atoms with Crippen molar-refractivity contribution in [1.29, 1.82) is 0 Å². The first-order valence-corrected chi connectivity index (χ1v) is 6.46. The van der Waals surface area contributed by atoms with Crippen molar-refractivity contribution in [3.05, 3.63) is 52.6 Å². The minimum Gasteiger partial charge on any atom is -0.505 e. The lowest BCUT2D eigenvalue weighted by atomic mass is 9.94. The largest absolute Gasteiger partial charge is 0.505 e. The molecule has 0 radical (unpaired) electrons. The van der Waals surface area contributed by atoms with Gasteiger partial charge in [0.05, 0.1) is 0 Å². The van der Waals surface area contributed by atoms with Crippen LogP contribution in [-0.4, -0.2) is 23.0 Å². The van der Waals surface area contributed by atoms with Crippen LogP contribution >= 0.6 is 0 Å². The zero-order chi connectivity index (χ0) is 15.3. The second-order valence-corrected chi connectivity index (χ2v) is 5.27. The van der Waals surface area contributed by atoms with E-state index in [1.54, 1.807) is 14.0 Å². The molecule has 1 amide bonds. The Balaban J connectivity index is 2.38. The van der Waals surface area contributed by atoms with Gasteiger partial charge in [-0.25, -0.2) is 8.78 Å². The van der Waals surface area contributed by atoms with Gasteiger partial charge < -0.3 is 10.0 Å². The molecule has 3 nitrogen and oxygen atoms in total. The fraction of sp³-hybridized carbons (Fsp3) is 0.188. The molecular weight excluding hydrogens is 276 g/mol. The van der Waals surface area contributed by atoms with Crippen LogP contribution in [-0.2, 0) is 6.54 Å². The smallest absolute Gasteiger partial charge is 0.254 e. The highest BCUT2D eigenvalue weighted by molar-refractivity contribution is 6.02. The van der Waals surface area contributed by atoms with E-state index in [4.69, 9.17) is 0 Å². The Labute approximate surface area is 120 Å². The van der Waals surface area contributed by atoms with E-state index < -0.39 is 17.4 Å². The Hall–Kier alpha value is -2.43. The first-order valence-electron chi connectivity index (χ1n) is 6.46. The molecule has 0 aromatic heterocycles. The molecular formula is C16H13F2NO2. The number of nitrogens with zero attached hydrogens (tertiary/aromatic N) is 1. The molecule has 21 heavy (non-hydrogen) atoms. The Morgan fingerprint density at radius 3 is 2.43 bits per heavy atom. The molecule has 0 bridgehead atoms. The Morgan fingerprint density at radius 1 is 1.05 bits per heavy atom. The normalized spacial score (nSPS) is 13.7. The van der Waals surface area contributed by atoms with Crippen LogP contribution in [0.3, 0.4) is 0 Å². The maximum Gasteiger partial charge on any atom is 0.254 e. The maximum absolute atomic E-state index is 13.9. The van der Waals surface area contributed by atoms with Gasteiger partial charge in [-0.05, 0) is 53.4 Å². The summed E-state index contributed by atoms with van der Waals surface area (Å²) in [4.78, 5) is 13.8. The molecule has 108 valence electrons. The van der Waals surface area contributed by atoms with Gasteiger partial charge in [-0.3, -0.25) is 4.79 Å². The predicted molar refractivity (Wildman–Crippen MR) is 74.0 cm³/mol. The van der Waals surface area contributed by atoms with Crippen LogP contribution < -0.4 is 0 Å². The van der Waals surface area contributed by atoms with E-state index in [1.807, 2.05) is 0 Å². The van der Waals surface area contributed by atoms with E-state index in [-0.39, 0.29) is 12.5 Å². The van der Waals surface area contributed by atoms with E-state index in [0.717, 1.165) is 6.07 Å². The number of carbonyl (C=O) groups is 1. The molecule has 3 rings (SSSR count). The van der Waals surface area contributed by atoms with Gasteiger partial charge in [0.15, 0.2) is 11.6 Å². The lowest BCUT2D eigenvalue weighted by molar-refractivity contribution is 0.0788. The topological polar surface area (TPSA) is 40.5 Å². The van der Waals surface area contributed by atoms with E-state index in [2.05, 4.69) is 0 Å². The van der Waals surface area contributed by atoms with Crippen LogP contribution in [0.1, 0.15) is 21.5 Å². The summed E-state index contributed by atoms with van der Waals surface area (Å²) in [7, 11) is 1.61. The van der Waals surface area contributed by atoms with Crippen LogP contribution in [0.5, 0.6) is 5.75 Å². The van der Waals surface area contributed by atoms with Gasteiger partial charge in [-0.15, -0.1) is 0 Å². The van der Waals surface area contributed by atoms with Crippen molar-refractivity contribution in [2.45, 2.75) is 13.5 Å². The van der Waals surface area contributed by atoms with E-state index in [9.17, 15) is 18.7 Å². The van der Waals surface area contributed by atoms with Gasteiger partial charge in [0.1, 0.15) is 5.82 Å². The third-order valence-electron chi connectivity index (χ3n) is 3.75. The van der Waals surface area contributed by atoms with Gasteiger partial charge in [0.25, 0.3) is 5.91 Å². The SMILES string of the molecule is Cc1cc2c(cc1F)-c1cc(F)c(O)cc1CN(C)C2=O. The lowest BCUT2D eigenvalue weighted by Gasteiger charge is -2.15. The summed E-state index contributed by atoms with van der Waals surface area (Å²) in [5, 5.41) is 9.51. The molecule has 2 aromatic rings. The third kappa shape index (κ3) is 2.05. The molecule has 0 atom stereocenters. The highest BCUT2D eigenvalue weighted by Crippen LogP contribution is 2.36. The molecule has 0 saturated heterocycles. The van der Waals surface area contributed by atoms with Crippen LogP contribution in [0.4, 0.5) is 8.78 Å².